The number of aliphatic hydroxyl groups excluding tert-OH is 1. The summed E-state index contributed by atoms with van der Waals surface area (Å²) in [6.45, 7) is 2.09. The first-order valence-electron chi connectivity index (χ1n) is 4.97. The lowest BCUT2D eigenvalue weighted by Gasteiger charge is -2.06. The summed E-state index contributed by atoms with van der Waals surface area (Å²) in [4.78, 5) is 0. The van der Waals surface area contributed by atoms with Crippen LogP contribution in [-0.4, -0.2) is 15.3 Å². The van der Waals surface area contributed by atoms with E-state index in [9.17, 15) is 5.11 Å². The lowest BCUT2D eigenvalue weighted by molar-refractivity contribution is 0.279. The summed E-state index contributed by atoms with van der Waals surface area (Å²) in [6, 6.07) is 0. The van der Waals surface area contributed by atoms with Crippen LogP contribution in [0.15, 0.2) is 0 Å². The minimum Gasteiger partial charge on any atom is -0.392 e. The maximum Gasteiger partial charge on any atom is 0.0718 e. The van der Waals surface area contributed by atoms with Gasteiger partial charge in [0.05, 0.1) is 12.3 Å². The third-order valence-corrected chi connectivity index (χ3v) is 3.01. The molecule has 0 spiro atoms. The van der Waals surface area contributed by atoms with Crippen LogP contribution in [0, 0.1) is 6.92 Å². The number of nitrogens with zero attached hydrogens (tertiary/aromatic N) is 1. The van der Waals surface area contributed by atoms with E-state index in [4.69, 9.17) is 0 Å². The Bertz CT molecular complexity index is 287. The van der Waals surface area contributed by atoms with Crippen LogP contribution in [0.3, 0.4) is 0 Å². The van der Waals surface area contributed by atoms with Gasteiger partial charge >= 0.3 is 0 Å². The summed E-state index contributed by atoms with van der Waals surface area (Å²) in [7, 11) is 0. The van der Waals surface area contributed by atoms with Crippen LogP contribution in [0.4, 0.5) is 0 Å². The fourth-order valence-electron chi connectivity index (χ4n) is 2.21. The number of hydrogen-bond acceptors (Lipinski definition) is 2. The molecule has 0 saturated heterocycles. The molecule has 1 aromatic rings. The summed E-state index contributed by atoms with van der Waals surface area (Å²) >= 11 is 0. The van der Waals surface area contributed by atoms with Crippen LogP contribution in [-0.2, 0) is 6.61 Å². The Morgan fingerprint density at radius 1 is 1.46 bits per heavy atom. The molecule has 1 saturated carbocycles. The van der Waals surface area contributed by atoms with Gasteiger partial charge in [-0.25, -0.2) is 0 Å². The second-order valence-electron chi connectivity index (χ2n) is 3.85. The lowest BCUT2D eigenvalue weighted by atomic mass is 9.99. The molecule has 3 nitrogen and oxygen atoms in total. The number of aryl methyl sites for hydroxylation is 1. The smallest absolute Gasteiger partial charge is 0.0718 e. The van der Waals surface area contributed by atoms with E-state index in [1.54, 1.807) is 0 Å². The molecule has 72 valence electrons. The van der Waals surface area contributed by atoms with Crippen LogP contribution in [0.5, 0.6) is 0 Å². The lowest BCUT2D eigenvalue weighted by Crippen LogP contribution is -1.98. The van der Waals surface area contributed by atoms with Crippen LogP contribution in [0.2, 0.25) is 0 Å². The van der Waals surface area contributed by atoms with Gasteiger partial charge in [0, 0.05) is 17.2 Å². The second kappa shape index (κ2) is 3.50. The van der Waals surface area contributed by atoms with Crippen molar-refractivity contribution in [3.05, 3.63) is 17.0 Å². The Hall–Kier alpha value is -0.830. The highest BCUT2D eigenvalue weighted by Gasteiger charge is 2.22. The highest BCUT2D eigenvalue weighted by atomic mass is 16.3. The first-order chi connectivity index (χ1) is 6.33. The highest BCUT2D eigenvalue weighted by molar-refractivity contribution is 5.27. The molecular weight excluding hydrogens is 164 g/mol. The molecule has 0 aliphatic heterocycles. The average Bonchev–Trinajstić information content (AvgIpc) is 2.71. The molecule has 0 atom stereocenters. The Morgan fingerprint density at radius 3 is 2.77 bits per heavy atom. The topological polar surface area (TPSA) is 48.9 Å². The average molecular weight is 180 g/mol. The molecule has 1 fully saturated rings. The van der Waals surface area contributed by atoms with Gasteiger partial charge in [0.2, 0.25) is 0 Å². The van der Waals surface area contributed by atoms with Crippen molar-refractivity contribution in [2.75, 3.05) is 0 Å². The number of nitrogens with one attached hydrogen (secondary N) is 1. The Balaban J connectivity index is 2.27. The third-order valence-electron chi connectivity index (χ3n) is 3.01. The van der Waals surface area contributed by atoms with Gasteiger partial charge in [-0.3, -0.25) is 5.10 Å². The van der Waals surface area contributed by atoms with Crippen molar-refractivity contribution in [3.8, 4) is 0 Å². The molecule has 3 heteroatoms. The van der Waals surface area contributed by atoms with E-state index >= 15 is 0 Å². The predicted molar refractivity (Wildman–Crippen MR) is 50.5 cm³/mol. The van der Waals surface area contributed by atoms with Gasteiger partial charge in [-0.05, 0) is 19.8 Å². The van der Waals surface area contributed by atoms with Crippen molar-refractivity contribution in [3.63, 3.8) is 0 Å². The van der Waals surface area contributed by atoms with Crippen molar-refractivity contribution in [2.24, 2.45) is 0 Å². The van der Waals surface area contributed by atoms with E-state index in [1.165, 1.54) is 25.7 Å². The van der Waals surface area contributed by atoms with Gasteiger partial charge in [0.25, 0.3) is 0 Å². The van der Waals surface area contributed by atoms with Crippen LogP contribution in [0.25, 0.3) is 0 Å². The number of aromatic amines is 1. The van der Waals surface area contributed by atoms with Crippen molar-refractivity contribution >= 4 is 0 Å². The van der Waals surface area contributed by atoms with Crippen LogP contribution >= 0.6 is 0 Å². The molecule has 0 bridgehead atoms. The van der Waals surface area contributed by atoms with Gasteiger partial charge < -0.3 is 5.11 Å². The van der Waals surface area contributed by atoms with E-state index in [1.807, 2.05) is 6.92 Å². The van der Waals surface area contributed by atoms with Crippen molar-refractivity contribution in [1.82, 2.24) is 10.2 Å². The van der Waals surface area contributed by atoms with Crippen LogP contribution in [0.1, 0.15) is 48.6 Å². The molecule has 1 aliphatic carbocycles. The molecule has 0 aromatic carbocycles. The molecule has 2 rings (SSSR count). The molecule has 13 heavy (non-hydrogen) atoms. The maximum atomic E-state index is 9.19. The third kappa shape index (κ3) is 1.48. The fourth-order valence-corrected chi connectivity index (χ4v) is 2.21. The molecular formula is C10H16N2O. The largest absolute Gasteiger partial charge is 0.392 e. The van der Waals surface area contributed by atoms with E-state index in [-0.39, 0.29) is 6.61 Å². The molecule has 1 aliphatic rings. The minimum absolute atomic E-state index is 0.119. The normalized spacial score (nSPS) is 18.3. The Kier molecular flexibility index (Phi) is 2.36. The zero-order valence-corrected chi connectivity index (χ0v) is 8.01. The fraction of sp³-hybridized carbons (Fsp3) is 0.700. The summed E-state index contributed by atoms with van der Waals surface area (Å²) in [5.74, 6) is 0.590. The van der Waals surface area contributed by atoms with Gasteiger partial charge in [-0.1, -0.05) is 12.8 Å². The van der Waals surface area contributed by atoms with Crippen molar-refractivity contribution in [1.29, 1.82) is 0 Å². The van der Waals surface area contributed by atoms with Crippen LogP contribution < -0.4 is 0 Å². The van der Waals surface area contributed by atoms with Gasteiger partial charge in [-0.2, -0.15) is 5.10 Å². The molecule has 1 aromatic heterocycles. The first-order valence-corrected chi connectivity index (χ1v) is 4.97. The summed E-state index contributed by atoms with van der Waals surface area (Å²) < 4.78 is 0. The zero-order chi connectivity index (χ0) is 9.26. The quantitative estimate of drug-likeness (QED) is 0.730. The molecule has 0 radical (unpaired) electrons. The van der Waals surface area contributed by atoms with E-state index in [0.29, 0.717) is 5.92 Å². The molecule has 2 N–H and O–H groups in total. The zero-order valence-electron chi connectivity index (χ0n) is 8.01. The summed E-state index contributed by atoms with van der Waals surface area (Å²) in [6.07, 6.45) is 5.08. The van der Waals surface area contributed by atoms with Gasteiger partial charge in [0.1, 0.15) is 0 Å². The number of hydrogen-bond donors (Lipinski definition) is 2. The number of aliphatic hydroxyl groups is 1. The summed E-state index contributed by atoms with van der Waals surface area (Å²) in [5, 5.41) is 16.4. The number of H-pyrrole nitrogens is 1. The second-order valence-corrected chi connectivity index (χ2v) is 3.85. The standard InChI is InChI=1S/C10H16N2O/c1-7-9(6-13)10(12-11-7)8-4-2-3-5-8/h8,13H,2-6H2,1H3,(H,11,12). The SMILES string of the molecule is Cc1[nH]nc(C2CCCC2)c1CO. The van der Waals surface area contributed by atoms with Gasteiger partial charge in [-0.15, -0.1) is 0 Å². The maximum absolute atomic E-state index is 9.19. The molecule has 0 amide bonds. The Labute approximate surface area is 78.2 Å². The predicted octanol–water partition coefficient (Wildman–Crippen LogP) is 1.87. The minimum atomic E-state index is 0.119. The molecule has 0 unspecified atom stereocenters. The highest BCUT2D eigenvalue weighted by Crippen LogP contribution is 2.35. The monoisotopic (exact) mass is 180 g/mol. The number of rotatable bonds is 2. The number of aromatic nitrogens is 2. The summed E-state index contributed by atoms with van der Waals surface area (Å²) in [5.41, 5.74) is 3.15. The van der Waals surface area contributed by atoms with E-state index in [2.05, 4.69) is 10.2 Å². The van der Waals surface area contributed by atoms with E-state index < -0.39 is 0 Å². The first kappa shape index (κ1) is 8.75. The molecule has 1 heterocycles. The van der Waals surface area contributed by atoms with E-state index in [0.717, 1.165) is 17.0 Å². The Morgan fingerprint density at radius 2 is 2.15 bits per heavy atom. The van der Waals surface area contributed by atoms with Crippen molar-refractivity contribution < 1.29 is 5.11 Å². The van der Waals surface area contributed by atoms with Gasteiger partial charge in [0.15, 0.2) is 0 Å². The van der Waals surface area contributed by atoms with Crippen molar-refractivity contribution in [2.45, 2.75) is 45.1 Å².